The number of amides is 1. The number of aromatic nitrogens is 2. The molecular weight excluding hydrogens is 367 g/mol. The van der Waals surface area contributed by atoms with Crippen LogP contribution in [0.25, 0.3) is 10.9 Å². The lowest BCUT2D eigenvalue weighted by Gasteiger charge is -2.11. The number of fused-ring (bicyclic) bond motifs is 1. The largest absolute Gasteiger partial charge is 0.573 e. The van der Waals surface area contributed by atoms with E-state index in [-0.39, 0.29) is 17.9 Å². The van der Waals surface area contributed by atoms with Crippen molar-refractivity contribution < 1.29 is 32.6 Å². The molecule has 27 heavy (non-hydrogen) atoms. The number of carbonyl (C=O) groups excluding carboxylic acids is 1. The van der Waals surface area contributed by atoms with E-state index in [4.69, 9.17) is 5.11 Å². The van der Waals surface area contributed by atoms with Crippen molar-refractivity contribution in [2.45, 2.75) is 12.9 Å². The second kappa shape index (κ2) is 7.64. The molecule has 0 spiro atoms. The van der Waals surface area contributed by atoms with Gasteiger partial charge in [-0.25, -0.2) is 10.3 Å². The highest BCUT2D eigenvalue weighted by Crippen LogP contribution is 2.24. The van der Waals surface area contributed by atoms with Crippen LogP contribution in [0.1, 0.15) is 15.9 Å². The van der Waals surface area contributed by atoms with Crippen LogP contribution in [0.5, 0.6) is 5.75 Å². The van der Waals surface area contributed by atoms with Crippen molar-refractivity contribution in [1.29, 1.82) is 0 Å². The number of ether oxygens (including phenoxy) is 1. The molecule has 10 heteroatoms. The van der Waals surface area contributed by atoms with Crippen LogP contribution in [0.4, 0.5) is 13.2 Å². The molecule has 1 heterocycles. The molecule has 0 unspecified atom stereocenters. The number of carbonyl (C=O) groups is 1. The molecule has 0 fully saturated rings. The predicted molar refractivity (Wildman–Crippen MR) is 87.6 cm³/mol. The van der Waals surface area contributed by atoms with E-state index in [9.17, 15) is 18.0 Å². The minimum absolute atomic E-state index is 0.223. The fourth-order valence-corrected chi connectivity index (χ4v) is 2.57. The van der Waals surface area contributed by atoms with Crippen LogP contribution < -0.4 is 10.2 Å². The quantitative estimate of drug-likeness (QED) is 0.506. The van der Waals surface area contributed by atoms with Gasteiger partial charge >= 0.3 is 6.36 Å². The minimum atomic E-state index is -4.75. The summed E-state index contributed by atoms with van der Waals surface area (Å²) < 4.78 is 42.1. The van der Waals surface area contributed by atoms with E-state index < -0.39 is 19.1 Å². The number of hydrogen-bond donors (Lipinski definition) is 2. The molecule has 7 nitrogen and oxygen atoms in total. The zero-order valence-corrected chi connectivity index (χ0v) is 13.7. The molecule has 0 bridgehead atoms. The van der Waals surface area contributed by atoms with Crippen molar-refractivity contribution in [1.82, 2.24) is 15.3 Å². The number of nitrogens with zero attached hydrogens (tertiary/aromatic N) is 2. The molecule has 3 rings (SSSR count). The SMILES string of the molecule is O=C(NOCO)c1cccc2cnn(Cc3ccc(OC(F)(F)F)cc3)c12. The number of halogens is 3. The molecule has 1 amide bonds. The zero-order valence-electron chi connectivity index (χ0n) is 13.7. The van der Waals surface area contributed by atoms with Gasteiger partial charge in [-0.1, -0.05) is 24.3 Å². The molecule has 142 valence electrons. The minimum Gasteiger partial charge on any atom is -0.406 e. The molecule has 0 aliphatic carbocycles. The third-order valence-corrected chi connectivity index (χ3v) is 3.62. The summed E-state index contributed by atoms with van der Waals surface area (Å²) in [6, 6.07) is 10.4. The molecule has 0 aliphatic heterocycles. The Hall–Kier alpha value is -3.11. The lowest BCUT2D eigenvalue weighted by Crippen LogP contribution is -2.24. The van der Waals surface area contributed by atoms with Crippen LogP contribution >= 0.6 is 0 Å². The smallest absolute Gasteiger partial charge is 0.406 e. The molecule has 2 N–H and O–H groups in total. The molecule has 0 atom stereocenters. The van der Waals surface area contributed by atoms with Gasteiger partial charge in [-0.3, -0.25) is 9.48 Å². The Morgan fingerprint density at radius 2 is 1.93 bits per heavy atom. The molecule has 2 aromatic carbocycles. The lowest BCUT2D eigenvalue weighted by molar-refractivity contribution is -0.274. The number of nitrogens with one attached hydrogen (secondary N) is 1. The van der Waals surface area contributed by atoms with Gasteiger partial charge in [0.05, 0.1) is 23.8 Å². The summed E-state index contributed by atoms with van der Waals surface area (Å²) in [5.74, 6) is -0.886. The number of hydroxylamine groups is 1. The summed E-state index contributed by atoms with van der Waals surface area (Å²) in [6.45, 7) is -0.450. The second-order valence-corrected chi connectivity index (χ2v) is 5.44. The Labute approximate surface area is 150 Å². The summed E-state index contributed by atoms with van der Waals surface area (Å²) in [5.41, 5.74) is 3.56. The van der Waals surface area contributed by atoms with Crippen LogP contribution in [-0.2, 0) is 11.4 Å². The van der Waals surface area contributed by atoms with Gasteiger partial charge in [-0.05, 0) is 23.8 Å². The number of alkyl halides is 3. The Morgan fingerprint density at radius 1 is 1.19 bits per heavy atom. The molecule has 0 aliphatic rings. The third kappa shape index (κ3) is 4.54. The van der Waals surface area contributed by atoms with Crippen molar-refractivity contribution in [3.63, 3.8) is 0 Å². The molecule has 1 aromatic heterocycles. The fraction of sp³-hybridized carbons (Fsp3) is 0.176. The first-order valence-corrected chi connectivity index (χ1v) is 7.69. The van der Waals surface area contributed by atoms with Crippen LogP contribution in [0.15, 0.2) is 48.7 Å². The van der Waals surface area contributed by atoms with Crippen molar-refractivity contribution >= 4 is 16.8 Å². The molecule has 0 saturated heterocycles. The van der Waals surface area contributed by atoms with Crippen molar-refractivity contribution in [3.8, 4) is 5.75 Å². The van der Waals surface area contributed by atoms with Gasteiger partial charge in [0.1, 0.15) is 5.75 Å². The van der Waals surface area contributed by atoms with Crippen LogP contribution in [0.2, 0.25) is 0 Å². The predicted octanol–water partition coefficient (Wildman–Crippen LogP) is 2.59. The van der Waals surface area contributed by atoms with E-state index in [1.54, 1.807) is 29.1 Å². The Balaban J connectivity index is 1.86. The van der Waals surface area contributed by atoms with Crippen molar-refractivity contribution in [2.24, 2.45) is 0 Å². The summed E-state index contributed by atoms with van der Waals surface area (Å²) in [5, 5.41) is 13.6. The second-order valence-electron chi connectivity index (χ2n) is 5.44. The highest BCUT2D eigenvalue weighted by atomic mass is 19.4. The Kier molecular flexibility index (Phi) is 5.28. The first-order chi connectivity index (χ1) is 12.9. The molecule has 0 radical (unpaired) electrons. The molecule has 3 aromatic rings. The average molecular weight is 381 g/mol. The maximum Gasteiger partial charge on any atom is 0.573 e. The van der Waals surface area contributed by atoms with Gasteiger partial charge in [-0.2, -0.15) is 5.10 Å². The topological polar surface area (TPSA) is 85.6 Å². The fourth-order valence-electron chi connectivity index (χ4n) is 2.57. The standard InChI is InChI=1S/C17H14F3N3O4/c18-17(19,20)27-13-6-4-11(5-7-13)9-23-15-12(8-21-23)2-1-3-14(15)16(25)22-26-10-24/h1-8,24H,9-10H2,(H,22,25). The number of aliphatic hydroxyl groups is 1. The Morgan fingerprint density at radius 3 is 2.59 bits per heavy atom. The van der Waals surface area contributed by atoms with Gasteiger partial charge in [0, 0.05) is 5.39 Å². The van der Waals surface area contributed by atoms with Gasteiger partial charge in [0.15, 0.2) is 6.79 Å². The highest BCUT2D eigenvalue weighted by Gasteiger charge is 2.30. The van der Waals surface area contributed by atoms with E-state index in [0.717, 1.165) is 0 Å². The Bertz CT molecular complexity index is 939. The van der Waals surface area contributed by atoms with Gasteiger partial charge in [-0.15, -0.1) is 13.2 Å². The van der Waals surface area contributed by atoms with Crippen LogP contribution in [0, 0.1) is 0 Å². The number of benzene rings is 2. The first kappa shape index (κ1) is 18.7. The van der Waals surface area contributed by atoms with Crippen molar-refractivity contribution in [3.05, 3.63) is 59.8 Å². The molecule has 0 saturated carbocycles. The maximum atomic E-state index is 12.2. The number of aliphatic hydroxyl groups excluding tert-OH is 1. The van der Waals surface area contributed by atoms with Gasteiger partial charge in [0.2, 0.25) is 0 Å². The molecular formula is C17H14F3N3O4. The van der Waals surface area contributed by atoms with E-state index >= 15 is 0 Å². The van der Waals surface area contributed by atoms with E-state index in [1.807, 2.05) is 0 Å². The number of rotatable bonds is 6. The average Bonchev–Trinajstić information content (AvgIpc) is 3.03. The lowest BCUT2D eigenvalue weighted by atomic mass is 10.1. The van der Waals surface area contributed by atoms with Crippen LogP contribution in [0.3, 0.4) is 0 Å². The monoisotopic (exact) mass is 381 g/mol. The summed E-state index contributed by atoms with van der Waals surface area (Å²) in [7, 11) is 0. The van der Waals surface area contributed by atoms with E-state index in [2.05, 4.69) is 20.2 Å². The number of para-hydroxylation sites is 1. The maximum absolute atomic E-state index is 12.2. The third-order valence-electron chi connectivity index (χ3n) is 3.62. The van der Waals surface area contributed by atoms with Gasteiger partial charge < -0.3 is 9.84 Å². The first-order valence-electron chi connectivity index (χ1n) is 7.69. The van der Waals surface area contributed by atoms with Gasteiger partial charge in [0.25, 0.3) is 5.91 Å². The van der Waals surface area contributed by atoms with Crippen LogP contribution in [-0.4, -0.2) is 33.9 Å². The normalized spacial score (nSPS) is 11.6. The number of hydrogen-bond acceptors (Lipinski definition) is 5. The zero-order chi connectivity index (χ0) is 19.4. The summed E-state index contributed by atoms with van der Waals surface area (Å²) >= 11 is 0. The summed E-state index contributed by atoms with van der Waals surface area (Å²) in [6.07, 6.45) is -3.18. The van der Waals surface area contributed by atoms with E-state index in [1.165, 1.54) is 24.3 Å². The van der Waals surface area contributed by atoms with E-state index in [0.29, 0.717) is 16.5 Å². The van der Waals surface area contributed by atoms with Crippen molar-refractivity contribution in [2.75, 3.05) is 6.79 Å². The summed E-state index contributed by atoms with van der Waals surface area (Å²) in [4.78, 5) is 16.7. The highest BCUT2D eigenvalue weighted by molar-refractivity contribution is 6.05.